The molecule has 0 saturated heterocycles. The van der Waals surface area contributed by atoms with Gasteiger partial charge in [0.1, 0.15) is 0 Å². The molecular weight excluding hydrogens is 444 g/mol. The topological polar surface area (TPSA) is 0 Å². The van der Waals surface area contributed by atoms with E-state index in [2.05, 4.69) is 110 Å². The first-order chi connectivity index (χ1) is 16.9. The third-order valence-corrected chi connectivity index (χ3v) is 10.1. The van der Waals surface area contributed by atoms with Crippen molar-refractivity contribution in [1.29, 1.82) is 0 Å². The lowest BCUT2D eigenvalue weighted by molar-refractivity contribution is 0.164. The highest BCUT2D eigenvalue weighted by molar-refractivity contribution is 5.53. The summed E-state index contributed by atoms with van der Waals surface area (Å²) in [7, 11) is 0. The molecule has 0 aliphatic rings. The first kappa shape index (κ1) is 33.7. The Labute approximate surface area is 233 Å². The minimum absolute atomic E-state index is 0.264. The molecule has 0 heteroatoms. The van der Waals surface area contributed by atoms with Crippen molar-refractivity contribution < 1.29 is 0 Å². The van der Waals surface area contributed by atoms with E-state index >= 15 is 0 Å². The third-order valence-electron chi connectivity index (χ3n) is 10.1. The van der Waals surface area contributed by atoms with Crippen molar-refractivity contribution in [2.45, 2.75) is 148 Å². The molecule has 1 rings (SSSR count). The second-order valence-corrected chi connectivity index (χ2v) is 14.6. The van der Waals surface area contributed by atoms with Crippen LogP contribution in [0, 0.1) is 56.3 Å². The lowest BCUT2D eigenvalue weighted by atomic mass is 9.68. The van der Waals surface area contributed by atoms with Gasteiger partial charge in [0, 0.05) is 5.92 Å². The summed E-state index contributed by atoms with van der Waals surface area (Å²) in [4.78, 5) is 0. The van der Waals surface area contributed by atoms with E-state index in [1.807, 2.05) is 0 Å². The highest BCUT2D eigenvalue weighted by atomic mass is 14.4. The molecule has 0 amide bonds. The van der Waals surface area contributed by atoms with Crippen molar-refractivity contribution in [3.8, 4) is 0 Å². The van der Waals surface area contributed by atoms with Crippen LogP contribution in [0.5, 0.6) is 0 Å². The van der Waals surface area contributed by atoms with Gasteiger partial charge in [-0.05, 0) is 128 Å². The van der Waals surface area contributed by atoms with Crippen LogP contribution in [0.2, 0.25) is 0 Å². The second-order valence-electron chi connectivity index (χ2n) is 14.6. The van der Waals surface area contributed by atoms with Crippen molar-refractivity contribution in [2.24, 2.45) is 28.6 Å². The smallest absolute Gasteiger partial charge is 0.00226 e. The molecule has 0 aromatic heterocycles. The fourth-order valence-electron chi connectivity index (χ4n) is 6.64. The summed E-state index contributed by atoms with van der Waals surface area (Å²) in [5.41, 5.74) is 12.5. The second kappa shape index (κ2) is 13.7. The monoisotopic (exact) mass is 509 g/mol. The summed E-state index contributed by atoms with van der Waals surface area (Å²) in [6.45, 7) is 42.5. The molecule has 0 aliphatic carbocycles. The standard InChI is InChI=1S/C37H64/c1-17-36(13,14)22-25(4)23-37(15,16)33(12)27(6)20-19-26(5)28(7)35-31(10)29(8)30(9)34(32(35)11)21-18-24(2)3/h24-25,28,33H,5-6,17-23H2,1-4,7-16H3. The van der Waals surface area contributed by atoms with Crippen molar-refractivity contribution in [3.63, 3.8) is 0 Å². The lowest BCUT2D eigenvalue weighted by Crippen LogP contribution is -2.27. The molecule has 0 nitrogen and oxygen atoms in total. The number of hydrogen-bond acceptors (Lipinski definition) is 0. The predicted molar refractivity (Wildman–Crippen MR) is 170 cm³/mol. The van der Waals surface area contributed by atoms with E-state index in [1.165, 1.54) is 71.1 Å². The lowest BCUT2D eigenvalue weighted by Gasteiger charge is -2.38. The zero-order valence-corrected chi connectivity index (χ0v) is 27.7. The molecule has 3 unspecified atom stereocenters. The Balaban J connectivity index is 2.96. The average Bonchev–Trinajstić information content (AvgIpc) is 2.79. The third kappa shape index (κ3) is 9.14. The number of hydrogen-bond donors (Lipinski definition) is 0. The van der Waals surface area contributed by atoms with Crippen LogP contribution in [0.4, 0.5) is 0 Å². The Morgan fingerprint density at radius 3 is 1.78 bits per heavy atom. The van der Waals surface area contributed by atoms with Crippen molar-refractivity contribution in [2.75, 3.05) is 0 Å². The number of rotatable bonds is 15. The predicted octanol–water partition coefficient (Wildman–Crippen LogP) is 12.0. The van der Waals surface area contributed by atoms with Crippen LogP contribution < -0.4 is 0 Å². The molecule has 0 heterocycles. The van der Waals surface area contributed by atoms with Crippen LogP contribution in [0.25, 0.3) is 0 Å². The molecule has 0 aliphatic heterocycles. The SMILES string of the molecule is C=C(CCC(=C)C(C)C(C)(C)CC(C)CC(C)(C)CC)C(C)c1c(C)c(C)c(C)c(CCC(C)C)c1C. The van der Waals surface area contributed by atoms with Crippen LogP contribution in [0.15, 0.2) is 24.3 Å². The molecule has 1 aromatic rings. The summed E-state index contributed by atoms with van der Waals surface area (Å²) in [6, 6.07) is 0. The van der Waals surface area contributed by atoms with Gasteiger partial charge in [0.2, 0.25) is 0 Å². The summed E-state index contributed by atoms with van der Waals surface area (Å²) in [6.07, 6.45) is 8.32. The van der Waals surface area contributed by atoms with Crippen LogP contribution >= 0.6 is 0 Å². The molecule has 37 heavy (non-hydrogen) atoms. The van der Waals surface area contributed by atoms with Gasteiger partial charge in [0.25, 0.3) is 0 Å². The van der Waals surface area contributed by atoms with E-state index in [9.17, 15) is 0 Å². The van der Waals surface area contributed by atoms with Gasteiger partial charge in [0.15, 0.2) is 0 Å². The molecular formula is C37H64. The summed E-state index contributed by atoms with van der Waals surface area (Å²) < 4.78 is 0. The number of benzene rings is 1. The summed E-state index contributed by atoms with van der Waals surface area (Å²) in [5.74, 6) is 2.35. The van der Waals surface area contributed by atoms with Crippen LogP contribution in [-0.2, 0) is 6.42 Å². The van der Waals surface area contributed by atoms with Crippen LogP contribution in [0.1, 0.15) is 147 Å². The molecule has 0 fully saturated rings. The van der Waals surface area contributed by atoms with E-state index in [0.717, 1.165) is 24.7 Å². The first-order valence-electron chi connectivity index (χ1n) is 15.3. The van der Waals surface area contributed by atoms with E-state index in [4.69, 9.17) is 0 Å². The highest BCUT2D eigenvalue weighted by Crippen LogP contribution is 2.43. The van der Waals surface area contributed by atoms with Gasteiger partial charge >= 0.3 is 0 Å². The zero-order chi connectivity index (χ0) is 28.9. The van der Waals surface area contributed by atoms with Gasteiger partial charge in [-0.25, -0.2) is 0 Å². The molecule has 3 atom stereocenters. The maximum Gasteiger partial charge on any atom is 0.00226 e. The molecule has 0 saturated carbocycles. The van der Waals surface area contributed by atoms with Crippen molar-refractivity contribution >= 4 is 0 Å². The van der Waals surface area contributed by atoms with Crippen LogP contribution in [-0.4, -0.2) is 0 Å². The fourth-order valence-corrected chi connectivity index (χ4v) is 6.64. The Bertz CT molecular complexity index is 920. The summed E-state index contributed by atoms with van der Waals surface area (Å²) >= 11 is 0. The maximum atomic E-state index is 4.62. The highest BCUT2D eigenvalue weighted by Gasteiger charge is 2.31. The Hall–Kier alpha value is -1.30. The Morgan fingerprint density at radius 2 is 1.27 bits per heavy atom. The van der Waals surface area contributed by atoms with Gasteiger partial charge in [-0.15, -0.1) is 0 Å². The Kier molecular flexibility index (Phi) is 12.5. The molecule has 0 N–H and O–H groups in total. The van der Waals surface area contributed by atoms with Gasteiger partial charge in [-0.3, -0.25) is 0 Å². The van der Waals surface area contributed by atoms with E-state index in [-0.39, 0.29) is 5.41 Å². The van der Waals surface area contributed by atoms with Crippen molar-refractivity contribution in [3.05, 3.63) is 57.7 Å². The molecule has 0 bridgehead atoms. The average molecular weight is 509 g/mol. The zero-order valence-electron chi connectivity index (χ0n) is 27.7. The first-order valence-corrected chi connectivity index (χ1v) is 15.3. The minimum atomic E-state index is 0.264. The van der Waals surface area contributed by atoms with Crippen molar-refractivity contribution in [1.82, 2.24) is 0 Å². The molecule has 212 valence electrons. The van der Waals surface area contributed by atoms with Gasteiger partial charge in [0.05, 0.1) is 0 Å². The quantitative estimate of drug-likeness (QED) is 0.207. The van der Waals surface area contributed by atoms with Gasteiger partial charge in [-0.2, -0.15) is 0 Å². The fraction of sp³-hybridized carbons (Fsp3) is 0.730. The maximum absolute atomic E-state index is 4.62. The van der Waals surface area contributed by atoms with E-state index in [1.54, 1.807) is 5.56 Å². The van der Waals surface area contributed by atoms with Gasteiger partial charge < -0.3 is 0 Å². The summed E-state index contributed by atoms with van der Waals surface area (Å²) in [5, 5.41) is 0. The largest absolute Gasteiger partial charge is 0.0996 e. The Morgan fingerprint density at radius 1 is 0.730 bits per heavy atom. The molecule has 1 aromatic carbocycles. The molecule has 0 radical (unpaired) electrons. The normalized spacial score (nSPS) is 15.1. The molecule has 0 spiro atoms. The van der Waals surface area contributed by atoms with Gasteiger partial charge in [-0.1, -0.05) is 100.0 Å². The number of allylic oxidation sites excluding steroid dienone is 2. The minimum Gasteiger partial charge on any atom is -0.0996 e. The van der Waals surface area contributed by atoms with E-state index < -0.39 is 0 Å². The van der Waals surface area contributed by atoms with E-state index in [0.29, 0.717) is 17.3 Å². The van der Waals surface area contributed by atoms with Crippen LogP contribution in [0.3, 0.4) is 0 Å².